The lowest BCUT2D eigenvalue weighted by atomic mass is 10.2. The number of carbonyl (C=O) groups excluding carboxylic acids is 2. The Morgan fingerprint density at radius 2 is 2.00 bits per heavy atom. The molecule has 1 fully saturated rings. The van der Waals surface area contributed by atoms with E-state index in [1.165, 1.54) is 11.3 Å². The number of methoxy groups -OCH3 is 1. The topological polar surface area (TPSA) is 61.9 Å². The lowest BCUT2D eigenvalue weighted by molar-refractivity contribution is -0.117. The number of halogens is 1. The number of anilines is 1. The van der Waals surface area contributed by atoms with E-state index in [-0.39, 0.29) is 18.4 Å². The van der Waals surface area contributed by atoms with E-state index in [0.29, 0.717) is 42.6 Å². The molecule has 8 heteroatoms. The Balaban J connectivity index is 1.53. The Morgan fingerprint density at radius 3 is 2.63 bits per heavy atom. The van der Waals surface area contributed by atoms with Gasteiger partial charge in [0.25, 0.3) is 5.91 Å². The maximum atomic E-state index is 12.4. The second kappa shape index (κ2) is 8.73. The van der Waals surface area contributed by atoms with Gasteiger partial charge in [-0.25, -0.2) is 0 Å². The Labute approximate surface area is 167 Å². The summed E-state index contributed by atoms with van der Waals surface area (Å²) in [5.41, 5.74) is 1.48. The van der Waals surface area contributed by atoms with Gasteiger partial charge in [-0.1, -0.05) is 17.7 Å². The van der Waals surface area contributed by atoms with E-state index in [9.17, 15) is 9.59 Å². The Kier molecular flexibility index (Phi) is 6.36. The molecule has 1 aromatic heterocycles. The SMILES string of the molecule is COc1cc(Cl)c(C)cc1NC(=O)CN1CCN(C(=O)c2cccs2)CC1. The van der Waals surface area contributed by atoms with E-state index >= 15 is 0 Å². The quantitative estimate of drug-likeness (QED) is 0.827. The van der Waals surface area contributed by atoms with Gasteiger partial charge < -0.3 is 15.0 Å². The molecule has 0 aliphatic carbocycles. The molecule has 0 unspecified atom stereocenters. The Bertz CT molecular complexity index is 818. The Morgan fingerprint density at radius 1 is 1.26 bits per heavy atom. The molecular weight excluding hydrogens is 386 g/mol. The number of carbonyl (C=O) groups is 2. The number of rotatable bonds is 5. The predicted molar refractivity (Wildman–Crippen MR) is 108 cm³/mol. The average Bonchev–Trinajstić information content (AvgIpc) is 3.19. The number of hydrogen-bond acceptors (Lipinski definition) is 5. The smallest absolute Gasteiger partial charge is 0.264 e. The van der Waals surface area contributed by atoms with E-state index in [4.69, 9.17) is 16.3 Å². The number of hydrogen-bond donors (Lipinski definition) is 1. The molecule has 0 spiro atoms. The Hall–Kier alpha value is -2.09. The summed E-state index contributed by atoms with van der Waals surface area (Å²) in [4.78, 5) is 29.4. The summed E-state index contributed by atoms with van der Waals surface area (Å²) in [7, 11) is 1.54. The third-order valence-electron chi connectivity index (χ3n) is 4.51. The van der Waals surface area contributed by atoms with Crippen LogP contribution < -0.4 is 10.1 Å². The zero-order valence-electron chi connectivity index (χ0n) is 15.3. The van der Waals surface area contributed by atoms with E-state index in [0.717, 1.165) is 10.4 Å². The van der Waals surface area contributed by atoms with Gasteiger partial charge in [0.05, 0.1) is 24.2 Å². The summed E-state index contributed by atoms with van der Waals surface area (Å²) in [6.07, 6.45) is 0. The summed E-state index contributed by atoms with van der Waals surface area (Å²) in [5, 5.41) is 5.39. The van der Waals surface area contributed by atoms with Crippen LogP contribution in [-0.2, 0) is 4.79 Å². The minimum atomic E-state index is -0.118. The van der Waals surface area contributed by atoms with Gasteiger partial charge in [-0.3, -0.25) is 14.5 Å². The van der Waals surface area contributed by atoms with Crippen molar-refractivity contribution in [3.8, 4) is 5.75 Å². The van der Waals surface area contributed by atoms with Crippen molar-refractivity contribution >= 4 is 40.4 Å². The highest BCUT2D eigenvalue weighted by molar-refractivity contribution is 7.12. The molecular formula is C19H22ClN3O3S. The first-order chi connectivity index (χ1) is 13.0. The fourth-order valence-corrected chi connectivity index (χ4v) is 3.83. The maximum absolute atomic E-state index is 12.4. The van der Waals surface area contributed by atoms with E-state index < -0.39 is 0 Å². The number of aryl methyl sites for hydroxylation is 1. The zero-order valence-corrected chi connectivity index (χ0v) is 16.9. The first-order valence-electron chi connectivity index (χ1n) is 8.67. The molecule has 27 heavy (non-hydrogen) atoms. The predicted octanol–water partition coefficient (Wildman–Crippen LogP) is 3.12. The number of piperazine rings is 1. The van der Waals surface area contributed by atoms with Crippen LogP contribution in [0.5, 0.6) is 5.75 Å². The summed E-state index contributed by atoms with van der Waals surface area (Å²) in [5.74, 6) is 0.480. The molecule has 2 heterocycles. The fraction of sp³-hybridized carbons (Fsp3) is 0.368. The minimum Gasteiger partial charge on any atom is -0.495 e. The molecule has 0 bridgehead atoms. The van der Waals surface area contributed by atoms with Crippen molar-refractivity contribution in [3.05, 3.63) is 45.1 Å². The number of benzene rings is 1. The summed E-state index contributed by atoms with van der Waals surface area (Å²) in [6.45, 7) is 4.72. The van der Waals surface area contributed by atoms with Gasteiger partial charge in [-0.05, 0) is 30.0 Å². The minimum absolute atomic E-state index is 0.0653. The summed E-state index contributed by atoms with van der Waals surface area (Å²) in [6, 6.07) is 7.22. The fourth-order valence-electron chi connectivity index (χ4n) is 2.99. The first-order valence-corrected chi connectivity index (χ1v) is 9.93. The molecule has 6 nitrogen and oxygen atoms in total. The lowest BCUT2D eigenvalue weighted by Crippen LogP contribution is -2.50. The van der Waals surface area contributed by atoms with E-state index in [1.54, 1.807) is 19.2 Å². The number of ether oxygens (including phenoxy) is 1. The summed E-state index contributed by atoms with van der Waals surface area (Å²) >= 11 is 7.55. The highest BCUT2D eigenvalue weighted by atomic mass is 35.5. The van der Waals surface area contributed by atoms with Crippen LogP contribution in [0.4, 0.5) is 5.69 Å². The van der Waals surface area contributed by atoms with Crippen LogP contribution >= 0.6 is 22.9 Å². The molecule has 2 amide bonds. The van der Waals surface area contributed by atoms with Gasteiger partial charge >= 0.3 is 0 Å². The lowest BCUT2D eigenvalue weighted by Gasteiger charge is -2.34. The standard InChI is InChI=1S/C19H22ClN3O3S/c1-13-10-15(16(26-2)11-14(13)20)21-18(24)12-22-5-7-23(8-6-22)19(25)17-4-3-9-27-17/h3-4,9-11H,5-8,12H2,1-2H3,(H,21,24). The molecule has 0 atom stereocenters. The molecule has 1 saturated heterocycles. The third kappa shape index (κ3) is 4.80. The van der Waals surface area contributed by atoms with Crippen molar-refractivity contribution in [2.75, 3.05) is 45.2 Å². The molecule has 144 valence electrons. The largest absolute Gasteiger partial charge is 0.495 e. The molecule has 2 aromatic rings. The van der Waals surface area contributed by atoms with Crippen molar-refractivity contribution in [3.63, 3.8) is 0 Å². The van der Waals surface area contributed by atoms with Crippen molar-refractivity contribution in [1.82, 2.24) is 9.80 Å². The molecule has 0 saturated carbocycles. The van der Waals surface area contributed by atoms with Gasteiger partial charge in [-0.2, -0.15) is 0 Å². The van der Waals surface area contributed by atoms with E-state index in [2.05, 4.69) is 5.32 Å². The van der Waals surface area contributed by atoms with Crippen LogP contribution in [-0.4, -0.2) is 61.4 Å². The van der Waals surface area contributed by atoms with E-state index in [1.807, 2.05) is 34.2 Å². The van der Waals surface area contributed by atoms with Crippen LogP contribution in [0.2, 0.25) is 5.02 Å². The second-order valence-electron chi connectivity index (χ2n) is 6.40. The van der Waals surface area contributed by atoms with Crippen LogP contribution in [0.15, 0.2) is 29.6 Å². The normalized spacial score (nSPS) is 14.9. The molecule has 0 radical (unpaired) electrons. The van der Waals surface area contributed by atoms with Gasteiger partial charge in [0.1, 0.15) is 5.75 Å². The molecule has 1 aromatic carbocycles. The third-order valence-corrected chi connectivity index (χ3v) is 5.78. The van der Waals surface area contributed by atoms with Crippen LogP contribution in [0.25, 0.3) is 0 Å². The molecule has 1 N–H and O–H groups in total. The van der Waals surface area contributed by atoms with Gasteiger partial charge in [0.2, 0.25) is 5.91 Å². The maximum Gasteiger partial charge on any atom is 0.264 e. The van der Waals surface area contributed by atoms with Crippen molar-refractivity contribution < 1.29 is 14.3 Å². The number of thiophene rings is 1. The number of amides is 2. The molecule has 1 aliphatic heterocycles. The van der Waals surface area contributed by atoms with Gasteiger partial charge in [-0.15, -0.1) is 11.3 Å². The molecule has 3 rings (SSSR count). The zero-order chi connectivity index (χ0) is 19.4. The monoisotopic (exact) mass is 407 g/mol. The van der Waals surface area contributed by atoms with Crippen LogP contribution in [0, 0.1) is 6.92 Å². The summed E-state index contributed by atoms with van der Waals surface area (Å²) < 4.78 is 5.29. The van der Waals surface area contributed by atoms with Crippen LogP contribution in [0.1, 0.15) is 15.2 Å². The second-order valence-corrected chi connectivity index (χ2v) is 7.75. The van der Waals surface area contributed by atoms with Crippen molar-refractivity contribution in [2.24, 2.45) is 0 Å². The van der Waals surface area contributed by atoms with Crippen molar-refractivity contribution in [2.45, 2.75) is 6.92 Å². The number of nitrogens with zero attached hydrogens (tertiary/aromatic N) is 2. The van der Waals surface area contributed by atoms with Crippen LogP contribution in [0.3, 0.4) is 0 Å². The van der Waals surface area contributed by atoms with Gasteiger partial charge in [0, 0.05) is 37.3 Å². The first kappa shape index (κ1) is 19.7. The highest BCUT2D eigenvalue weighted by Crippen LogP contribution is 2.30. The van der Waals surface area contributed by atoms with Gasteiger partial charge in [0.15, 0.2) is 0 Å². The van der Waals surface area contributed by atoms with Crippen molar-refractivity contribution in [1.29, 1.82) is 0 Å². The highest BCUT2D eigenvalue weighted by Gasteiger charge is 2.24. The molecule has 1 aliphatic rings. The average molecular weight is 408 g/mol. The number of nitrogens with one attached hydrogen (secondary N) is 1.